The number of ether oxygens (including phenoxy) is 1. The van der Waals surface area contributed by atoms with Gasteiger partial charge in [-0.3, -0.25) is 0 Å². The largest absolute Gasteiger partial charge is 0.451 e. The quantitative estimate of drug-likeness (QED) is 0.533. The summed E-state index contributed by atoms with van der Waals surface area (Å²) in [6.07, 6.45) is -1.77. The smallest absolute Gasteiger partial charge is 0.392 e. The van der Waals surface area contributed by atoms with Crippen molar-refractivity contribution in [2.45, 2.75) is 25.6 Å². The third-order valence-electron chi connectivity index (χ3n) is 1.22. The van der Waals surface area contributed by atoms with Crippen molar-refractivity contribution in [3.63, 3.8) is 0 Å². The molecule has 0 saturated heterocycles. The highest BCUT2D eigenvalue weighted by atomic mass is 16.6. The Morgan fingerprint density at radius 3 is 2.23 bits per heavy atom. The Morgan fingerprint density at radius 2 is 1.92 bits per heavy atom. The Hall–Kier alpha value is -1.14. The van der Waals surface area contributed by atoms with Crippen molar-refractivity contribution >= 4 is 11.9 Å². The van der Waals surface area contributed by atoms with Gasteiger partial charge in [-0.25, -0.2) is 14.7 Å². The van der Waals surface area contributed by atoms with Gasteiger partial charge in [-0.1, -0.05) is 0 Å². The number of aliphatic hydroxyl groups is 2. The number of rotatable bonds is 4. The Labute approximate surface area is 74.7 Å². The minimum absolute atomic E-state index is 0.939. The van der Waals surface area contributed by atoms with Crippen LogP contribution in [0.3, 0.4) is 0 Å². The van der Waals surface area contributed by atoms with Crippen molar-refractivity contribution < 1.29 is 29.6 Å². The minimum atomic E-state index is -1.77. The van der Waals surface area contributed by atoms with Crippen molar-refractivity contribution in [2.75, 3.05) is 6.61 Å². The molecule has 75 valence electrons. The molecule has 0 aliphatic carbocycles. The molecule has 0 aliphatic rings. The third kappa shape index (κ3) is 4.44. The molecule has 6 heteroatoms. The molecule has 6 nitrogen and oxygen atoms in total. The van der Waals surface area contributed by atoms with E-state index in [0.29, 0.717) is 0 Å². The van der Waals surface area contributed by atoms with Crippen molar-refractivity contribution in [1.82, 2.24) is 0 Å². The van der Waals surface area contributed by atoms with Crippen LogP contribution < -0.4 is 0 Å². The van der Waals surface area contributed by atoms with Crippen molar-refractivity contribution in [3.05, 3.63) is 0 Å². The van der Waals surface area contributed by atoms with E-state index in [1.807, 2.05) is 0 Å². The van der Waals surface area contributed by atoms with Crippen molar-refractivity contribution in [3.8, 4) is 0 Å². The van der Waals surface area contributed by atoms with Crippen LogP contribution in [0, 0.1) is 0 Å². The standard InChI is InChI=1S/C7H11O6/c1-7(2,12)5(10)6(11)13-3-4(8)9/h5,10,12H,3H2,1-2H3. The molecule has 0 fully saturated rings. The van der Waals surface area contributed by atoms with Gasteiger partial charge in [-0.15, -0.1) is 0 Å². The zero-order valence-corrected chi connectivity index (χ0v) is 7.31. The summed E-state index contributed by atoms with van der Waals surface area (Å²) in [4.78, 5) is 20.6. The highest BCUT2D eigenvalue weighted by Gasteiger charge is 2.32. The molecule has 0 aromatic rings. The zero-order chi connectivity index (χ0) is 10.6. The summed E-state index contributed by atoms with van der Waals surface area (Å²) in [6, 6.07) is 0. The van der Waals surface area contributed by atoms with E-state index in [1.54, 1.807) is 0 Å². The first-order chi connectivity index (χ1) is 5.75. The number of esters is 1. The van der Waals surface area contributed by atoms with Crippen LogP contribution in [0.15, 0.2) is 0 Å². The minimum Gasteiger partial charge on any atom is -0.451 e. The van der Waals surface area contributed by atoms with Gasteiger partial charge in [0.25, 0.3) is 0 Å². The predicted molar refractivity (Wildman–Crippen MR) is 39.0 cm³/mol. The number of carbonyl (C=O) groups is 2. The number of aliphatic hydroxyl groups excluding tert-OH is 1. The van der Waals surface area contributed by atoms with Gasteiger partial charge in [0.1, 0.15) is 0 Å². The lowest BCUT2D eigenvalue weighted by Gasteiger charge is -2.21. The average Bonchev–Trinajstić information content (AvgIpc) is 1.96. The number of hydrogen-bond donors (Lipinski definition) is 2. The zero-order valence-electron chi connectivity index (χ0n) is 7.31. The molecular formula is C7H11O6. The Morgan fingerprint density at radius 1 is 1.46 bits per heavy atom. The molecule has 0 heterocycles. The first-order valence-corrected chi connectivity index (χ1v) is 3.52. The average molecular weight is 191 g/mol. The Balaban J connectivity index is 4.05. The summed E-state index contributed by atoms with van der Waals surface area (Å²) in [7, 11) is 0. The molecule has 0 spiro atoms. The fourth-order valence-electron chi connectivity index (χ4n) is 0.497. The van der Waals surface area contributed by atoms with Crippen LogP contribution in [-0.2, 0) is 19.4 Å². The molecule has 0 amide bonds. The monoisotopic (exact) mass is 191 g/mol. The fraction of sp³-hybridized carbons (Fsp3) is 0.714. The second kappa shape index (κ2) is 4.20. The summed E-state index contributed by atoms with van der Waals surface area (Å²) in [6.45, 7) is 1.45. The van der Waals surface area contributed by atoms with Gasteiger partial charge in [0.2, 0.25) is 0 Å². The predicted octanol–water partition coefficient (Wildman–Crippen LogP) is -1.38. The molecule has 1 atom stereocenters. The van der Waals surface area contributed by atoms with Crippen LogP contribution in [0.4, 0.5) is 0 Å². The van der Waals surface area contributed by atoms with Crippen molar-refractivity contribution in [2.24, 2.45) is 0 Å². The molecule has 0 bridgehead atoms. The number of carbonyl (C=O) groups excluding carboxylic acids is 2. The normalized spacial score (nSPS) is 13.5. The first kappa shape index (κ1) is 11.9. The maximum Gasteiger partial charge on any atom is 0.392 e. The van der Waals surface area contributed by atoms with Gasteiger partial charge in [-0.2, -0.15) is 0 Å². The van der Waals surface area contributed by atoms with E-state index in [4.69, 9.17) is 10.2 Å². The second-order valence-electron chi connectivity index (χ2n) is 3.04. The van der Waals surface area contributed by atoms with Crippen LogP contribution in [0.1, 0.15) is 13.8 Å². The molecule has 13 heavy (non-hydrogen) atoms. The highest BCUT2D eigenvalue weighted by molar-refractivity contribution is 5.78. The summed E-state index contributed by atoms with van der Waals surface area (Å²) >= 11 is 0. The fourth-order valence-corrected chi connectivity index (χ4v) is 0.497. The molecule has 0 saturated carbocycles. The SMILES string of the molecule is CC(C)(O)C(O)C(=O)OCC([O])=O. The molecule has 2 N–H and O–H groups in total. The Bertz CT molecular complexity index is 204. The van der Waals surface area contributed by atoms with E-state index in [9.17, 15) is 14.7 Å². The van der Waals surface area contributed by atoms with Gasteiger partial charge in [-0.05, 0) is 13.8 Å². The molecule has 0 aromatic heterocycles. The molecule has 0 rings (SSSR count). The molecular weight excluding hydrogens is 180 g/mol. The second-order valence-corrected chi connectivity index (χ2v) is 3.04. The van der Waals surface area contributed by atoms with E-state index in [-0.39, 0.29) is 0 Å². The molecule has 1 unspecified atom stereocenters. The maximum atomic E-state index is 10.8. The summed E-state index contributed by atoms with van der Waals surface area (Å²) in [5, 5.41) is 28.0. The van der Waals surface area contributed by atoms with Gasteiger partial charge < -0.3 is 14.9 Å². The molecule has 0 aliphatic heterocycles. The topological polar surface area (TPSA) is 104 Å². The van der Waals surface area contributed by atoms with Gasteiger partial charge >= 0.3 is 11.9 Å². The van der Waals surface area contributed by atoms with Crippen LogP contribution in [-0.4, -0.2) is 40.5 Å². The first-order valence-electron chi connectivity index (χ1n) is 3.52. The highest BCUT2D eigenvalue weighted by Crippen LogP contribution is 2.09. The van der Waals surface area contributed by atoms with Crippen LogP contribution in [0.25, 0.3) is 0 Å². The van der Waals surface area contributed by atoms with E-state index in [2.05, 4.69) is 4.74 Å². The van der Waals surface area contributed by atoms with Crippen LogP contribution in [0.5, 0.6) is 0 Å². The lowest BCUT2D eigenvalue weighted by molar-refractivity contribution is -0.172. The van der Waals surface area contributed by atoms with E-state index >= 15 is 0 Å². The van der Waals surface area contributed by atoms with Gasteiger partial charge in [0.05, 0.1) is 5.60 Å². The lowest BCUT2D eigenvalue weighted by Crippen LogP contribution is -2.43. The summed E-state index contributed by atoms with van der Waals surface area (Å²) < 4.78 is 4.08. The summed E-state index contributed by atoms with van der Waals surface area (Å²) in [5.74, 6) is -2.77. The van der Waals surface area contributed by atoms with Crippen molar-refractivity contribution in [1.29, 1.82) is 0 Å². The van der Waals surface area contributed by atoms with Gasteiger partial charge in [0.15, 0.2) is 12.7 Å². The van der Waals surface area contributed by atoms with Crippen LogP contribution >= 0.6 is 0 Å². The van der Waals surface area contributed by atoms with E-state index in [0.717, 1.165) is 0 Å². The van der Waals surface area contributed by atoms with E-state index < -0.39 is 30.3 Å². The van der Waals surface area contributed by atoms with E-state index in [1.165, 1.54) is 13.8 Å². The Kier molecular flexibility index (Phi) is 3.83. The van der Waals surface area contributed by atoms with Gasteiger partial charge in [0, 0.05) is 0 Å². The third-order valence-corrected chi connectivity index (χ3v) is 1.22. The lowest BCUT2D eigenvalue weighted by atomic mass is 10.0. The molecule has 0 aromatic carbocycles. The molecule has 1 radical (unpaired) electrons. The number of hydrogen-bond acceptors (Lipinski definition) is 5. The van der Waals surface area contributed by atoms with Crippen LogP contribution in [0.2, 0.25) is 0 Å². The maximum absolute atomic E-state index is 10.8. The summed E-state index contributed by atoms with van der Waals surface area (Å²) in [5.41, 5.74) is -1.66.